The van der Waals surface area contributed by atoms with Crippen molar-refractivity contribution in [2.24, 2.45) is 0 Å². The van der Waals surface area contributed by atoms with Gasteiger partial charge in [0.15, 0.2) is 0 Å². The Morgan fingerprint density at radius 1 is 1.27 bits per heavy atom. The highest BCUT2D eigenvalue weighted by Crippen LogP contribution is 2.25. The summed E-state index contributed by atoms with van der Waals surface area (Å²) in [6.45, 7) is 0. The second-order valence-corrected chi connectivity index (χ2v) is 4.51. The molecule has 0 fully saturated rings. The van der Waals surface area contributed by atoms with Crippen LogP contribution in [0, 0.1) is 0 Å². The Morgan fingerprint density at radius 3 is 2.27 bits per heavy atom. The van der Waals surface area contributed by atoms with E-state index in [4.69, 9.17) is 0 Å². The van der Waals surface area contributed by atoms with E-state index in [2.05, 4.69) is 30.1 Å². The second kappa shape index (κ2) is 3.93. The van der Waals surface area contributed by atoms with E-state index in [1.54, 1.807) is 0 Å². The van der Waals surface area contributed by atoms with Gasteiger partial charge in [-0.15, -0.1) is 0 Å². The summed E-state index contributed by atoms with van der Waals surface area (Å²) in [7, 11) is -5.68. The summed E-state index contributed by atoms with van der Waals surface area (Å²) < 4.78 is 60.4. The van der Waals surface area contributed by atoms with E-state index in [9.17, 15) is 21.6 Å². The molecule has 0 spiro atoms. The number of rotatable bonds is 2. The molecular weight excluding hydrogens is 305 g/mol. The summed E-state index contributed by atoms with van der Waals surface area (Å²) in [4.78, 5) is 6.71. The van der Waals surface area contributed by atoms with Gasteiger partial charge < -0.3 is 4.18 Å². The molecule has 0 amide bonds. The van der Waals surface area contributed by atoms with Gasteiger partial charge in [0, 0.05) is 0 Å². The average molecular weight is 307 g/mol. The van der Waals surface area contributed by atoms with Gasteiger partial charge >= 0.3 is 15.6 Å². The SMILES string of the molecule is O=S(=O)(Oc1cnc(Br)cn1)C(F)(F)F. The normalized spacial score (nSPS) is 12.5. The van der Waals surface area contributed by atoms with Crippen molar-refractivity contribution in [3.8, 4) is 5.88 Å². The van der Waals surface area contributed by atoms with E-state index in [1.807, 2.05) is 0 Å². The van der Waals surface area contributed by atoms with Crippen LogP contribution in [0.25, 0.3) is 0 Å². The summed E-state index contributed by atoms with van der Waals surface area (Å²) in [6, 6.07) is 0. The molecule has 0 saturated heterocycles. The lowest BCUT2D eigenvalue weighted by Crippen LogP contribution is -2.28. The molecule has 0 aliphatic heterocycles. The second-order valence-electron chi connectivity index (χ2n) is 2.16. The van der Waals surface area contributed by atoms with Crippen LogP contribution in [0.2, 0.25) is 0 Å². The van der Waals surface area contributed by atoms with E-state index in [1.165, 1.54) is 0 Å². The molecular formula is C5H2BrF3N2O3S. The Hall–Kier alpha value is -0.900. The fraction of sp³-hybridized carbons (Fsp3) is 0.200. The van der Waals surface area contributed by atoms with Crippen LogP contribution in [-0.4, -0.2) is 23.9 Å². The maximum atomic E-state index is 11.8. The highest BCUT2D eigenvalue weighted by atomic mass is 79.9. The molecule has 0 radical (unpaired) electrons. The standard InChI is InChI=1S/C5H2BrF3N2O3S/c6-3-1-11-4(2-10-3)14-15(12,13)5(7,8)9/h1-2H. The highest BCUT2D eigenvalue weighted by molar-refractivity contribution is 9.10. The number of nitrogens with zero attached hydrogens (tertiary/aromatic N) is 2. The fourth-order valence-electron chi connectivity index (χ4n) is 0.503. The maximum Gasteiger partial charge on any atom is 0.534 e. The van der Waals surface area contributed by atoms with Crippen LogP contribution in [0.3, 0.4) is 0 Å². The van der Waals surface area contributed by atoms with Crippen LogP contribution >= 0.6 is 15.9 Å². The molecule has 0 bridgehead atoms. The first-order valence-electron chi connectivity index (χ1n) is 3.21. The van der Waals surface area contributed by atoms with Gasteiger partial charge in [0.05, 0.1) is 12.4 Å². The first-order valence-corrected chi connectivity index (χ1v) is 5.41. The summed E-state index contributed by atoms with van der Waals surface area (Å²) in [5, 5.41) is 0. The average Bonchev–Trinajstić information content (AvgIpc) is 2.06. The Balaban J connectivity index is 2.93. The van der Waals surface area contributed by atoms with Gasteiger partial charge in [-0.25, -0.2) is 9.97 Å². The summed E-state index contributed by atoms with van der Waals surface area (Å²) in [6.07, 6.45) is 1.74. The molecule has 0 unspecified atom stereocenters. The lowest BCUT2D eigenvalue weighted by Gasteiger charge is -2.07. The quantitative estimate of drug-likeness (QED) is 0.611. The fourth-order valence-corrected chi connectivity index (χ4v) is 1.11. The van der Waals surface area contributed by atoms with Gasteiger partial charge in [0.2, 0.25) is 0 Å². The molecule has 0 saturated carbocycles. The molecule has 0 aliphatic rings. The molecule has 0 N–H and O–H groups in total. The lowest BCUT2D eigenvalue weighted by atomic mass is 10.7. The molecule has 0 aliphatic carbocycles. The van der Waals surface area contributed by atoms with Gasteiger partial charge in [-0.1, -0.05) is 0 Å². The van der Waals surface area contributed by atoms with Gasteiger partial charge in [-0.05, 0) is 15.9 Å². The van der Waals surface area contributed by atoms with Crippen LogP contribution in [0.5, 0.6) is 5.88 Å². The topological polar surface area (TPSA) is 69.2 Å². The zero-order chi connectivity index (χ0) is 11.7. The minimum absolute atomic E-state index is 0.235. The molecule has 1 aromatic heterocycles. The van der Waals surface area contributed by atoms with Crippen molar-refractivity contribution in [1.29, 1.82) is 0 Å². The summed E-state index contributed by atoms with van der Waals surface area (Å²) in [5.41, 5.74) is -5.48. The number of halogens is 4. The van der Waals surface area contributed by atoms with Crippen LogP contribution in [0.1, 0.15) is 0 Å². The number of hydrogen-bond acceptors (Lipinski definition) is 5. The van der Waals surface area contributed by atoms with Crippen molar-refractivity contribution >= 4 is 26.0 Å². The van der Waals surface area contributed by atoms with Crippen molar-refractivity contribution < 1.29 is 25.8 Å². The molecule has 10 heteroatoms. The molecule has 84 valence electrons. The maximum absolute atomic E-state index is 11.8. The zero-order valence-corrected chi connectivity index (χ0v) is 9.10. The van der Waals surface area contributed by atoms with Crippen molar-refractivity contribution in [2.45, 2.75) is 5.51 Å². The third-order valence-electron chi connectivity index (χ3n) is 1.08. The third kappa shape index (κ3) is 3.02. The first kappa shape index (κ1) is 12.2. The number of alkyl halides is 3. The molecule has 1 heterocycles. The van der Waals surface area contributed by atoms with E-state index in [0.717, 1.165) is 12.4 Å². The molecule has 15 heavy (non-hydrogen) atoms. The summed E-state index contributed by atoms with van der Waals surface area (Å²) >= 11 is 2.86. The minimum atomic E-state index is -5.68. The Bertz CT molecular complexity index is 444. The van der Waals surface area contributed by atoms with Crippen molar-refractivity contribution in [3.05, 3.63) is 17.0 Å². The Labute approximate surface area is 90.5 Å². The number of hydrogen-bond donors (Lipinski definition) is 0. The molecule has 1 rings (SSSR count). The van der Waals surface area contributed by atoms with Crippen molar-refractivity contribution in [2.75, 3.05) is 0 Å². The smallest absolute Gasteiger partial charge is 0.354 e. The van der Waals surface area contributed by atoms with Gasteiger partial charge in [-0.3, -0.25) is 0 Å². The van der Waals surface area contributed by atoms with Gasteiger partial charge in [0.25, 0.3) is 5.88 Å². The third-order valence-corrected chi connectivity index (χ3v) is 2.44. The first-order chi connectivity index (χ1) is 6.72. The lowest BCUT2D eigenvalue weighted by molar-refractivity contribution is -0.0501. The van der Waals surface area contributed by atoms with Gasteiger partial charge in [0.1, 0.15) is 4.60 Å². The van der Waals surface area contributed by atoms with E-state index in [0.29, 0.717) is 0 Å². The molecule has 1 aromatic rings. The van der Waals surface area contributed by atoms with Crippen LogP contribution in [0.4, 0.5) is 13.2 Å². The molecule has 5 nitrogen and oxygen atoms in total. The predicted octanol–water partition coefficient (Wildman–Crippen LogP) is 1.47. The van der Waals surface area contributed by atoms with E-state index < -0.39 is 21.5 Å². The summed E-state index contributed by atoms with van der Waals surface area (Å²) in [5.74, 6) is -0.754. The molecule has 0 aromatic carbocycles. The monoisotopic (exact) mass is 306 g/mol. The van der Waals surface area contributed by atoms with E-state index >= 15 is 0 Å². The minimum Gasteiger partial charge on any atom is -0.354 e. The zero-order valence-electron chi connectivity index (χ0n) is 6.69. The van der Waals surface area contributed by atoms with Crippen molar-refractivity contribution in [3.63, 3.8) is 0 Å². The van der Waals surface area contributed by atoms with Crippen LogP contribution in [0.15, 0.2) is 17.0 Å². The van der Waals surface area contributed by atoms with Gasteiger partial charge in [-0.2, -0.15) is 21.6 Å². The van der Waals surface area contributed by atoms with Crippen LogP contribution < -0.4 is 4.18 Å². The molecule has 0 atom stereocenters. The van der Waals surface area contributed by atoms with Crippen LogP contribution in [-0.2, 0) is 10.1 Å². The predicted molar refractivity (Wildman–Crippen MR) is 45.3 cm³/mol. The van der Waals surface area contributed by atoms with E-state index in [-0.39, 0.29) is 4.60 Å². The Kier molecular flexibility index (Phi) is 3.19. The number of aromatic nitrogens is 2. The van der Waals surface area contributed by atoms with Crippen molar-refractivity contribution in [1.82, 2.24) is 9.97 Å². The largest absolute Gasteiger partial charge is 0.534 e. The highest BCUT2D eigenvalue weighted by Gasteiger charge is 2.48. The Morgan fingerprint density at radius 2 is 1.87 bits per heavy atom.